The number of carbonyl (C=O) groups is 1. The Kier molecular flexibility index (Phi) is 5.16. The molecule has 0 bridgehead atoms. The fourth-order valence-electron chi connectivity index (χ4n) is 4.18. The molecule has 0 spiro atoms. The number of aliphatic imine (C=N–C) groups is 1. The number of likely N-dealkylation sites (N-methyl/N-ethyl adjacent to an activating group) is 1. The number of nitrogens with zero attached hydrogens (tertiary/aromatic N) is 2. The number of hydrogen-bond donors (Lipinski definition) is 1. The van der Waals surface area contributed by atoms with Gasteiger partial charge in [0.1, 0.15) is 11.8 Å². The second-order valence-corrected chi connectivity index (χ2v) is 8.42. The first-order valence-electron chi connectivity index (χ1n) is 10.4. The highest BCUT2D eigenvalue weighted by molar-refractivity contribution is 6.32. The van der Waals surface area contributed by atoms with Gasteiger partial charge in [-0.1, -0.05) is 54.1 Å². The Bertz CT molecular complexity index is 1360. The molecule has 0 unspecified atom stereocenters. The summed E-state index contributed by atoms with van der Waals surface area (Å²) in [5, 5.41) is 12.6. The van der Waals surface area contributed by atoms with Crippen molar-refractivity contribution in [1.82, 2.24) is 0 Å². The summed E-state index contributed by atoms with van der Waals surface area (Å²) in [5.74, 6) is 0.103. The van der Waals surface area contributed by atoms with Gasteiger partial charge in [-0.05, 0) is 58.8 Å². The van der Waals surface area contributed by atoms with E-state index < -0.39 is 6.04 Å². The van der Waals surface area contributed by atoms with Crippen molar-refractivity contribution in [3.8, 4) is 5.75 Å². The molecular weight excluding hydrogens is 420 g/mol. The van der Waals surface area contributed by atoms with Crippen molar-refractivity contribution in [2.24, 2.45) is 4.99 Å². The van der Waals surface area contributed by atoms with Gasteiger partial charge in [-0.15, -0.1) is 0 Å². The highest BCUT2D eigenvalue weighted by Crippen LogP contribution is 2.31. The van der Waals surface area contributed by atoms with E-state index in [2.05, 4.69) is 30.3 Å². The van der Waals surface area contributed by atoms with Crippen LogP contribution in [-0.2, 0) is 11.2 Å². The minimum atomic E-state index is -0.587. The van der Waals surface area contributed by atoms with Crippen LogP contribution < -0.4 is 4.90 Å². The molecule has 0 fully saturated rings. The predicted molar refractivity (Wildman–Crippen MR) is 130 cm³/mol. The van der Waals surface area contributed by atoms with E-state index in [1.165, 1.54) is 0 Å². The van der Waals surface area contributed by atoms with Crippen LogP contribution in [-0.4, -0.2) is 29.8 Å². The average Bonchev–Trinajstić information content (AvgIpc) is 2.90. The van der Waals surface area contributed by atoms with Crippen molar-refractivity contribution in [3.05, 3.63) is 107 Å². The predicted octanol–water partition coefficient (Wildman–Crippen LogP) is 5.62. The molecule has 1 atom stereocenters. The lowest BCUT2D eigenvalue weighted by Crippen LogP contribution is -2.36. The Balaban J connectivity index is 1.63. The number of phenols is 1. The molecule has 0 radical (unpaired) electrons. The maximum Gasteiger partial charge on any atom is 0.251 e. The number of hydrogen-bond acceptors (Lipinski definition) is 3. The molecule has 4 aromatic carbocycles. The van der Waals surface area contributed by atoms with E-state index in [9.17, 15) is 9.90 Å². The van der Waals surface area contributed by atoms with E-state index in [0.717, 1.165) is 33.2 Å². The van der Waals surface area contributed by atoms with Gasteiger partial charge in [0.15, 0.2) is 0 Å². The molecule has 0 saturated carbocycles. The molecule has 32 heavy (non-hydrogen) atoms. The lowest BCUT2D eigenvalue weighted by atomic mass is 9.99. The summed E-state index contributed by atoms with van der Waals surface area (Å²) in [6, 6.07) is 26.2. The van der Waals surface area contributed by atoms with Crippen molar-refractivity contribution >= 4 is 39.7 Å². The molecule has 0 aliphatic carbocycles. The molecule has 1 amide bonds. The second kappa shape index (κ2) is 8.13. The zero-order chi connectivity index (χ0) is 22.2. The summed E-state index contributed by atoms with van der Waals surface area (Å²) in [7, 11) is 1.78. The summed E-state index contributed by atoms with van der Waals surface area (Å²) in [6.45, 7) is 0. The molecule has 5 heteroatoms. The number of aromatic hydroxyl groups is 1. The molecule has 158 valence electrons. The van der Waals surface area contributed by atoms with Crippen molar-refractivity contribution in [1.29, 1.82) is 0 Å². The number of benzene rings is 4. The Morgan fingerprint density at radius 1 is 0.938 bits per heavy atom. The van der Waals surface area contributed by atoms with E-state index in [1.807, 2.05) is 36.4 Å². The van der Waals surface area contributed by atoms with Gasteiger partial charge in [0, 0.05) is 29.6 Å². The third-order valence-electron chi connectivity index (χ3n) is 5.86. The van der Waals surface area contributed by atoms with Crippen molar-refractivity contribution in [3.63, 3.8) is 0 Å². The number of fused-ring (bicyclic) bond motifs is 2. The SMILES string of the molecule is CN1C(=O)[C@H](Cc2ccc3ccccc3c2)N=C(c2ccc(O)cc2)c2cc(Cl)ccc21. The summed E-state index contributed by atoms with van der Waals surface area (Å²) in [5.41, 5.74) is 4.10. The molecule has 1 N–H and O–H groups in total. The summed E-state index contributed by atoms with van der Waals surface area (Å²) in [6.07, 6.45) is 0.483. The largest absolute Gasteiger partial charge is 0.508 e. The first kappa shape index (κ1) is 20.3. The van der Waals surface area contributed by atoms with Gasteiger partial charge in [-0.2, -0.15) is 0 Å². The number of phenolic OH excluding ortho intramolecular Hbond substituents is 1. The summed E-state index contributed by atoms with van der Waals surface area (Å²) in [4.78, 5) is 20.0. The molecule has 0 aromatic heterocycles. The lowest BCUT2D eigenvalue weighted by molar-refractivity contribution is -0.119. The summed E-state index contributed by atoms with van der Waals surface area (Å²) < 4.78 is 0. The first-order chi connectivity index (χ1) is 15.5. The van der Waals surface area contributed by atoms with Crippen molar-refractivity contribution < 1.29 is 9.90 Å². The molecule has 1 heterocycles. The van der Waals surface area contributed by atoms with Crippen LogP contribution in [0.5, 0.6) is 5.75 Å². The highest BCUT2D eigenvalue weighted by atomic mass is 35.5. The molecule has 5 rings (SSSR count). The monoisotopic (exact) mass is 440 g/mol. The Morgan fingerprint density at radius 2 is 1.69 bits per heavy atom. The van der Waals surface area contributed by atoms with Crippen LogP contribution in [0.2, 0.25) is 5.02 Å². The molecule has 4 aromatic rings. The minimum Gasteiger partial charge on any atom is -0.508 e. The number of amides is 1. The number of benzodiazepines with no additional fused rings is 1. The zero-order valence-electron chi connectivity index (χ0n) is 17.5. The molecule has 0 saturated heterocycles. The number of carbonyl (C=O) groups excluding carboxylic acids is 1. The van der Waals surface area contributed by atoms with E-state index in [-0.39, 0.29) is 11.7 Å². The normalized spacial score (nSPS) is 15.9. The van der Waals surface area contributed by atoms with Crippen LogP contribution in [0.25, 0.3) is 10.8 Å². The van der Waals surface area contributed by atoms with Crippen LogP contribution in [0.15, 0.2) is 89.9 Å². The average molecular weight is 441 g/mol. The third-order valence-corrected chi connectivity index (χ3v) is 6.09. The van der Waals surface area contributed by atoms with E-state index in [0.29, 0.717) is 17.2 Å². The van der Waals surface area contributed by atoms with E-state index >= 15 is 0 Å². The van der Waals surface area contributed by atoms with Crippen LogP contribution in [0.1, 0.15) is 16.7 Å². The second-order valence-electron chi connectivity index (χ2n) is 7.98. The number of halogens is 1. The van der Waals surface area contributed by atoms with Crippen molar-refractivity contribution in [2.45, 2.75) is 12.5 Å². The van der Waals surface area contributed by atoms with Crippen LogP contribution in [0.4, 0.5) is 5.69 Å². The summed E-state index contributed by atoms with van der Waals surface area (Å²) >= 11 is 6.32. The van der Waals surface area contributed by atoms with Gasteiger partial charge in [-0.25, -0.2) is 0 Å². The van der Waals surface area contributed by atoms with Gasteiger partial charge < -0.3 is 10.0 Å². The van der Waals surface area contributed by atoms with Crippen molar-refractivity contribution in [2.75, 3.05) is 11.9 Å². The van der Waals surface area contributed by atoms with Crippen LogP contribution in [0, 0.1) is 0 Å². The Labute approximate surface area is 191 Å². The van der Waals surface area contributed by atoms with Gasteiger partial charge >= 0.3 is 0 Å². The minimum absolute atomic E-state index is 0.0736. The fraction of sp³-hybridized carbons (Fsp3) is 0.111. The van der Waals surface area contributed by atoms with Gasteiger partial charge in [0.05, 0.1) is 11.4 Å². The zero-order valence-corrected chi connectivity index (χ0v) is 18.3. The maximum atomic E-state index is 13.4. The first-order valence-corrected chi connectivity index (χ1v) is 10.8. The number of rotatable bonds is 3. The number of anilines is 1. The standard InChI is InChI=1S/C27H21ClN2O2/c1-30-25-13-10-21(28)16-23(25)26(19-8-11-22(31)12-9-19)29-24(27(30)32)15-17-6-7-18-4-2-3-5-20(18)14-17/h2-14,16,24,31H,15H2,1H3/t24-/m0/s1. The van der Waals surface area contributed by atoms with Gasteiger partial charge in [0.2, 0.25) is 0 Å². The highest BCUT2D eigenvalue weighted by Gasteiger charge is 2.30. The maximum absolute atomic E-state index is 13.4. The quantitative estimate of drug-likeness (QED) is 0.449. The fourth-order valence-corrected chi connectivity index (χ4v) is 4.36. The molecular formula is C27H21ClN2O2. The topological polar surface area (TPSA) is 52.9 Å². The smallest absolute Gasteiger partial charge is 0.251 e. The van der Waals surface area contributed by atoms with Gasteiger partial charge in [0.25, 0.3) is 5.91 Å². The molecule has 1 aliphatic heterocycles. The molecule has 4 nitrogen and oxygen atoms in total. The van der Waals surface area contributed by atoms with Crippen LogP contribution in [0.3, 0.4) is 0 Å². The van der Waals surface area contributed by atoms with Gasteiger partial charge in [-0.3, -0.25) is 9.79 Å². The molecule has 1 aliphatic rings. The van der Waals surface area contributed by atoms with Crippen LogP contribution >= 0.6 is 11.6 Å². The van der Waals surface area contributed by atoms with E-state index in [4.69, 9.17) is 16.6 Å². The third kappa shape index (κ3) is 3.74. The Hall–Kier alpha value is -3.63. The van der Waals surface area contributed by atoms with E-state index in [1.54, 1.807) is 30.1 Å². The lowest BCUT2D eigenvalue weighted by Gasteiger charge is -2.20. The Morgan fingerprint density at radius 3 is 2.47 bits per heavy atom.